The van der Waals surface area contributed by atoms with Crippen molar-refractivity contribution in [3.8, 4) is 0 Å². The fraction of sp³-hybridized carbons (Fsp3) is 0.889. The Hall–Kier alpha value is -1.14. The molecule has 4 fully saturated rings. The molecule has 0 bridgehead atoms. The summed E-state index contributed by atoms with van der Waals surface area (Å²) in [5, 5.41) is 0. The molecule has 2 aliphatic carbocycles. The Labute approximate surface area is 142 Å². The van der Waals surface area contributed by atoms with Gasteiger partial charge in [-0.25, -0.2) is 0 Å². The molecular formula is C18H26O6. The molecule has 0 aromatic rings. The van der Waals surface area contributed by atoms with Gasteiger partial charge in [0.1, 0.15) is 24.4 Å². The maximum absolute atomic E-state index is 11.9. The highest BCUT2D eigenvalue weighted by Crippen LogP contribution is 2.39. The zero-order chi connectivity index (χ0) is 16.5. The van der Waals surface area contributed by atoms with Gasteiger partial charge in [0.25, 0.3) is 0 Å². The minimum absolute atomic E-state index is 0.0565. The van der Waals surface area contributed by atoms with Crippen LogP contribution in [0.2, 0.25) is 0 Å². The van der Waals surface area contributed by atoms with Crippen LogP contribution in [0.3, 0.4) is 0 Å². The smallest absolute Gasteiger partial charge is 0.306 e. The normalized spacial score (nSPS) is 39.3. The Morgan fingerprint density at radius 3 is 1.67 bits per heavy atom. The average Bonchev–Trinajstić information content (AvgIpc) is 3.44. The quantitative estimate of drug-likeness (QED) is 0.403. The lowest BCUT2D eigenvalue weighted by molar-refractivity contribution is -0.153. The molecule has 2 aliphatic heterocycles. The molecule has 0 N–H and O–H groups in total. The van der Waals surface area contributed by atoms with Crippen LogP contribution in [0.1, 0.15) is 64.2 Å². The van der Waals surface area contributed by atoms with E-state index in [1.54, 1.807) is 0 Å². The minimum atomic E-state index is -0.175. The summed E-state index contributed by atoms with van der Waals surface area (Å²) >= 11 is 0. The molecule has 24 heavy (non-hydrogen) atoms. The highest BCUT2D eigenvalue weighted by atomic mass is 16.6. The van der Waals surface area contributed by atoms with E-state index in [0.29, 0.717) is 37.9 Å². The number of rotatable bonds is 7. The fourth-order valence-electron chi connectivity index (χ4n) is 4.05. The van der Waals surface area contributed by atoms with Gasteiger partial charge in [0.2, 0.25) is 0 Å². The van der Waals surface area contributed by atoms with Gasteiger partial charge >= 0.3 is 11.9 Å². The van der Waals surface area contributed by atoms with E-state index in [0.717, 1.165) is 38.5 Å². The predicted octanol–water partition coefficient (Wildman–Crippen LogP) is 2.27. The van der Waals surface area contributed by atoms with Crippen LogP contribution < -0.4 is 0 Å². The molecule has 0 amide bonds. The Balaban J connectivity index is 1.07. The molecular weight excluding hydrogens is 312 g/mol. The first kappa shape index (κ1) is 16.3. The first-order chi connectivity index (χ1) is 11.7. The molecule has 0 aromatic heterocycles. The minimum Gasteiger partial charge on any atom is -0.459 e. The molecule has 6 unspecified atom stereocenters. The first-order valence-electron chi connectivity index (χ1n) is 9.40. The summed E-state index contributed by atoms with van der Waals surface area (Å²) in [6.07, 6.45) is 8.97. The summed E-state index contributed by atoms with van der Waals surface area (Å²) in [7, 11) is 0. The summed E-state index contributed by atoms with van der Waals surface area (Å²) in [6.45, 7) is 0. The number of hydrogen-bond acceptors (Lipinski definition) is 6. The highest BCUT2D eigenvalue weighted by Gasteiger charge is 2.49. The van der Waals surface area contributed by atoms with E-state index in [-0.39, 0.29) is 36.4 Å². The number of esters is 2. The maximum Gasteiger partial charge on any atom is 0.306 e. The van der Waals surface area contributed by atoms with E-state index in [1.807, 2.05) is 0 Å². The summed E-state index contributed by atoms with van der Waals surface area (Å²) in [4.78, 5) is 23.7. The Bertz CT molecular complexity index is 448. The second-order valence-corrected chi connectivity index (χ2v) is 7.40. The Morgan fingerprint density at radius 1 is 0.750 bits per heavy atom. The first-order valence-corrected chi connectivity index (χ1v) is 9.40. The second kappa shape index (κ2) is 7.00. The van der Waals surface area contributed by atoms with E-state index in [2.05, 4.69) is 0 Å². The van der Waals surface area contributed by atoms with Crippen molar-refractivity contribution < 1.29 is 28.5 Å². The van der Waals surface area contributed by atoms with E-state index in [1.165, 1.54) is 0 Å². The molecule has 2 heterocycles. The number of unbranched alkanes of at least 4 members (excludes halogenated alkanes) is 1. The van der Waals surface area contributed by atoms with Gasteiger partial charge < -0.3 is 18.9 Å². The van der Waals surface area contributed by atoms with Crippen LogP contribution in [-0.4, -0.2) is 48.6 Å². The Kier molecular flexibility index (Phi) is 4.77. The Morgan fingerprint density at radius 2 is 1.21 bits per heavy atom. The highest BCUT2D eigenvalue weighted by molar-refractivity contribution is 5.71. The van der Waals surface area contributed by atoms with E-state index in [9.17, 15) is 9.59 Å². The second-order valence-electron chi connectivity index (χ2n) is 7.40. The third-order valence-electron chi connectivity index (χ3n) is 5.51. The number of epoxide rings is 2. The third kappa shape index (κ3) is 3.91. The van der Waals surface area contributed by atoms with Crippen molar-refractivity contribution in [3.63, 3.8) is 0 Å². The van der Waals surface area contributed by atoms with E-state index >= 15 is 0 Å². The lowest BCUT2D eigenvalue weighted by Crippen LogP contribution is -2.28. The molecule has 4 aliphatic rings. The van der Waals surface area contributed by atoms with Crippen molar-refractivity contribution in [2.75, 3.05) is 0 Å². The number of fused-ring (bicyclic) bond motifs is 2. The standard InChI is InChI=1S/C18H26O6/c19-15(21-11-5-3-7-13-17(11)23-13)9-1-2-10-16(20)22-12-6-4-8-14-18(12)24-14/h11-14,17-18H,1-10H2. The monoisotopic (exact) mass is 338 g/mol. The zero-order valence-electron chi connectivity index (χ0n) is 14.0. The van der Waals surface area contributed by atoms with Gasteiger partial charge in [-0.2, -0.15) is 0 Å². The van der Waals surface area contributed by atoms with Gasteiger partial charge in [-0.1, -0.05) is 0 Å². The molecule has 6 atom stereocenters. The molecule has 2 saturated heterocycles. The summed E-state index contributed by atoms with van der Waals surface area (Å²) in [5.41, 5.74) is 0. The van der Waals surface area contributed by atoms with Crippen molar-refractivity contribution in [2.24, 2.45) is 0 Å². The van der Waals surface area contributed by atoms with Crippen LogP contribution in [0.15, 0.2) is 0 Å². The lowest BCUT2D eigenvalue weighted by atomic mass is 9.98. The van der Waals surface area contributed by atoms with Crippen molar-refractivity contribution in [3.05, 3.63) is 0 Å². The van der Waals surface area contributed by atoms with Gasteiger partial charge in [-0.3, -0.25) is 9.59 Å². The molecule has 4 rings (SSSR count). The molecule has 0 radical (unpaired) electrons. The average molecular weight is 338 g/mol. The van der Waals surface area contributed by atoms with Gasteiger partial charge in [0.05, 0.1) is 12.2 Å². The van der Waals surface area contributed by atoms with E-state index < -0.39 is 0 Å². The SMILES string of the molecule is O=C(CCCCC(=O)OC1CCCC2OC12)OC1CCCC2OC12. The maximum atomic E-state index is 11.9. The van der Waals surface area contributed by atoms with Crippen molar-refractivity contribution in [1.29, 1.82) is 0 Å². The zero-order valence-corrected chi connectivity index (χ0v) is 14.0. The number of carbonyl (C=O) groups is 2. The molecule has 0 spiro atoms. The van der Waals surface area contributed by atoms with Crippen LogP contribution in [0.5, 0.6) is 0 Å². The topological polar surface area (TPSA) is 77.7 Å². The van der Waals surface area contributed by atoms with Crippen LogP contribution in [0.25, 0.3) is 0 Å². The number of carbonyl (C=O) groups excluding carboxylic acids is 2. The number of ether oxygens (including phenoxy) is 4. The van der Waals surface area contributed by atoms with E-state index in [4.69, 9.17) is 18.9 Å². The van der Waals surface area contributed by atoms with Crippen molar-refractivity contribution >= 4 is 11.9 Å². The van der Waals surface area contributed by atoms with Crippen molar-refractivity contribution in [2.45, 2.75) is 101 Å². The van der Waals surface area contributed by atoms with Crippen LogP contribution in [0, 0.1) is 0 Å². The molecule has 134 valence electrons. The summed E-state index contributed by atoms with van der Waals surface area (Å²) in [6, 6.07) is 0. The molecule has 0 aromatic carbocycles. The van der Waals surface area contributed by atoms with Gasteiger partial charge in [0.15, 0.2) is 0 Å². The molecule has 6 nitrogen and oxygen atoms in total. The van der Waals surface area contributed by atoms with Crippen LogP contribution >= 0.6 is 0 Å². The largest absolute Gasteiger partial charge is 0.459 e. The van der Waals surface area contributed by atoms with Crippen LogP contribution in [0.4, 0.5) is 0 Å². The fourth-order valence-corrected chi connectivity index (χ4v) is 4.05. The van der Waals surface area contributed by atoms with Crippen LogP contribution in [-0.2, 0) is 28.5 Å². The number of hydrogen-bond donors (Lipinski definition) is 0. The molecule has 6 heteroatoms. The summed E-state index contributed by atoms with van der Waals surface area (Å²) < 4.78 is 22.0. The van der Waals surface area contributed by atoms with Crippen molar-refractivity contribution in [1.82, 2.24) is 0 Å². The predicted molar refractivity (Wildman–Crippen MR) is 83.3 cm³/mol. The van der Waals surface area contributed by atoms with Gasteiger partial charge in [-0.15, -0.1) is 0 Å². The lowest BCUT2D eigenvalue weighted by Gasteiger charge is -2.19. The third-order valence-corrected chi connectivity index (χ3v) is 5.51. The van der Waals surface area contributed by atoms with Gasteiger partial charge in [-0.05, 0) is 51.4 Å². The summed E-state index contributed by atoms with van der Waals surface area (Å²) in [5.74, 6) is -0.350. The van der Waals surface area contributed by atoms with Gasteiger partial charge in [0, 0.05) is 12.8 Å². The molecule has 2 saturated carbocycles.